The van der Waals surface area contributed by atoms with Gasteiger partial charge in [0.15, 0.2) is 0 Å². The van der Waals surface area contributed by atoms with Gasteiger partial charge in [-0.25, -0.2) is 0 Å². The third-order valence-corrected chi connectivity index (χ3v) is 2.41. The Kier molecular flexibility index (Phi) is 4.77. The van der Waals surface area contributed by atoms with E-state index < -0.39 is 0 Å². The molecule has 0 saturated heterocycles. The normalized spacial score (nSPS) is 9.67. The number of terminal acetylenes is 1. The summed E-state index contributed by atoms with van der Waals surface area (Å²) in [6.07, 6.45) is 8.07. The third-order valence-electron chi connectivity index (χ3n) is 2.41. The van der Waals surface area contributed by atoms with Gasteiger partial charge in [0.1, 0.15) is 5.75 Å². The summed E-state index contributed by atoms with van der Waals surface area (Å²) in [6, 6.07) is 6.27. The van der Waals surface area contributed by atoms with E-state index in [4.69, 9.17) is 11.2 Å². The SMILES string of the molecule is C#CCCc1ccc(OCC)cc1CC. The maximum Gasteiger partial charge on any atom is 0.119 e. The molecular weight excluding hydrogens is 184 g/mol. The van der Waals surface area contributed by atoms with Crippen LogP contribution in [0.3, 0.4) is 0 Å². The Morgan fingerprint density at radius 3 is 2.67 bits per heavy atom. The molecule has 80 valence electrons. The minimum atomic E-state index is 0.715. The van der Waals surface area contributed by atoms with E-state index in [1.54, 1.807) is 0 Å². The number of benzene rings is 1. The van der Waals surface area contributed by atoms with Crippen molar-refractivity contribution in [2.24, 2.45) is 0 Å². The van der Waals surface area contributed by atoms with E-state index in [9.17, 15) is 0 Å². The fourth-order valence-corrected chi connectivity index (χ4v) is 1.64. The van der Waals surface area contributed by atoms with Gasteiger partial charge in [0.05, 0.1) is 6.61 Å². The third kappa shape index (κ3) is 3.32. The zero-order chi connectivity index (χ0) is 11.1. The molecule has 0 heterocycles. The Morgan fingerprint density at radius 2 is 2.07 bits per heavy atom. The van der Waals surface area contributed by atoms with E-state index in [0.29, 0.717) is 6.61 Å². The minimum Gasteiger partial charge on any atom is -0.494 e. The number of ether oxygens (including phenoxy) is 1. The molecular formula is C14H18O. The summed E-state index contributed by atoms with van der Waals surface area (Å²) in [6.45, 7) is 4.87. The van der Waals surface area contributed by atoms with Crippen LogP contribution in [0.25, 0.3) is 0 Å². The predicted molar refractivity (Wildman–Crippen MR) is 64.1 cm³/mol. The van der Waals surface area contributed by atoms with Crippen LogP contribution in [0.2, 0.25) is 0 Å². The van der Waals surface area contributed by atoms with Crippen molar-refractivity contribution < 1.29 is 4.74 Å². The van der Waals surface area contributed by atoms with E-state index >= 15 is 0 Å². The monoisotopic (exact) mass is 202 g/mol. The van der Waals surface area contributed by atoms with Crippen LogP contribution in [0.4, 0.5) is 0 Å². The first-order chi connectivity index (χ1) is 7.31. The second-order valence-electron chi connectivity index (χ2n) is 3.42. The maximum absolute atomic E-state index is 5.47. The molecule has 15 heavy (non-hydrogen) atoms. The zero-order valence-corrected chi connectivity index (χ0v) is 9.55. The summed E-state index contributed by atoms with van der Waals surface area (Å²) in [5.41, 5.74) is 2.69. The predicted octanol–water partition coefficient (Wildman–Crippen LogP) is 3.21. The smallest absolute Gasteiger partial charge is 0.119 e. The van der Waals surface area contributed by atoms with Crippen molar-refractivity contribution in [3.05, 3.63) is 29.3 Å². The summed E-state index contributed by atoms with van der Waals surface area (Å²) < 4.78 is 5.47. The van der Waals surface area contributed by atoms with Crippen molar-refractivity contribution in [1.29, 1.82) is 0 Å². The Balaban J connectivity index is 2.84. The minimum absolute atomic E-state index is 0.715. The average molecular weight is 202 g/mol. The van der Waals surface area contributed by atoms with Crippen LogP contribution in [0, 0.1) is 12.3 Å². The van der Waals surface area contributed by atoms with Crippen molar-refractivity contribution >= 4 is 0 Å². The van der Waals surface area contributed by atoms with E-state index in [2.05, 4.69) is 25.0 Å². The molecule has 1 rings (SSSR count). The van der Waals surface area contributed by atoms with Gasteiger partial charge < -0.3 is 4.74 Å². The van der Waals surface area contributed by atoms with Crippen LogP contribution in [0.5, 0.6) is 5.75 Å². The second-order valence-corrected chi connectivity index (χ2v) is 3.42. The van der Waals surface area contributed by atoms with Crippen LogP contribution >= 0.6 is 0 Å². The molecule has 0 aromatic heterocycles. The molecule has 0 radical (unpaired) electrons. The lowest BCUT2D eigenvalue weighted by molar-refractivity contribution is 0.340. The topological polar surface area (TPSA) is 9.23 Å². The molecule has 1 aromatic rings. The molecule has 0 N–H and O–H groups in total. The second kappa shape index (κ2) is 6.14. The van der Waals surface area contributed by atoms with Gasteiger partial charge in [0, 0.05) is 6.42 Å². The van der Waals surface area contributed by atoms with Gasteiger partial charge in [-0.3, -0.25) is 0 Å². The Bertz CT molecular complexity index is 347. The van der Waals surface area contributed by atoms with Gasteiger partial charge in [-0.2, -0.15) is 0 Å². The summed E-state index contributed by atoms with van der Waals surface area (Å²) in [5.74, 6) is 3.63. The molecule has 0 fully saturated rings. The van der Waals surface area contributed by atoms with Gasteiger partial charge in [-0.1, -0.05) is 13.0 Å². The molecule has 0 atom stereocenters. The maximum atomic E-state index is 5.47. The highest BCUT2D eigenvalue weighted by atomic mass is 16.5. The highest BCUT2D eigenvalue weighted by molar-refractivity contribution is 5.36. The van der Waals surface area contributed by atoms with Crippen LogP contribution in [-0.4, -0.2) is 6.61 Å². The number of hydrogen-bond donors (Lipinski definition) is 0. The largest absolute Gasteiger partial charge is 0.494 e. The van der Waals surface area contributed by atoms with Gasteiger partial charge in [0.25, 0.3) is 0 Å². The van der Waals surface area contributed by atoms with Crippen LogP contribution in [0.1, 0.15) is 31.4 Å². The lowest BCUT2D eigenvalue weighted by atomic mass is 10.0. The number of rotatable bonds is 5. The Morgan fingerprint density at radius 1 is 1.27 bits per heavy atom. The van der Waals surface area contributed by atoms with Gasteiger partial charge >= 0.3 is 0 Å². The zero-order valence-electron chi connectivity index (χ0n) is 9.55. The molecule has 0 spiro atoms. The van der Waals surface area contributed by atoms with Crippen LogP contribution in [-0.2, 0) is 12.8 Å². The lowest BCUT2D eigenvalue weighted by Crippen LogP contribution is -1.96. The molecule has 0 amide bonds. The van der Waals surface area contributed by atoms with Crippen molar-refractivity contribution in [1.82, 2.24) is 0 Å². The average Bonchev–Trinajstić information content (AvgIpc) is 2.27. The van der Waals surface area contributed by atoms with Crippen molar-refractivity contribution in [2.75, 3.05) is 6.61 Å². The first kappa shape index (κ1) is 11.7. The summed E-state index contributed by atoms with van der Waals surface area (Å²) in [5, 5.41) is 0. The van der Waals surface area contributed by atoms with E-state index in [1.807, 2.05) is 13.0 Å². The van der Waals surface area contributed by atoms with Crippen molar-refractivity contribution in [3.63, 3.8) is 0 Å². The van der Waals surface area contributed by atoms with E-state index in [0.717, 1.165) is 25.0 Å². The molecule has 1 aromatic carbocycles. The Labute approximate surface area is 92.5 Å². The summed E-state index contributed by atoms with van der Waals surface area (Å²) in [4.78, 5) is 0. The number of aryl methyl sites for hydroxylation is 2. The molecule has 0 aliphatic heterocycles. The van der Waals surface area contributed by atoms with Crippen molar-refractivity contribution in [2.45, 2.75) is 33.1 Å². The first-order valence-corrected chi connectivity index (χ1v) is 5.49. The molecule has 0 unspecified atom stereocenters. The molecule has 1 heteroatoms. The molecule has 0 bridgehead atoms. The van der Waals surface area contributed by atoms with Gasteiger partial charge in [-0.15, -0.1) is 12.3 Å². The fraction of sp³-hybridized carbons (Fsp3) is 0.429. The molecule has 0 aliphatic rings. The summed E-state index contributed by atoms with van der Waals surface area (Å²) in [7, 11) is 0. The lowest BCUT2D eigenvalue weighted by Gasteiger charge is -2.09. The highest BCUT2D eigenvalue weighted by Crippen LogP contribution is 2.19. The first-order valence-electron chi connectivity index (χ1n) is 5.49. The van der Waals surface area contributed by atoms with E-state index in [-0.39, 0.29) is 0 Å². The van der Waals surface area contributed by atoms with Gasteiger partial charge in [-0.05, 0) is 43.0 Å². The molecule has 0 aliphatic carbocycles. The summed E-state index contributed by atoms with van der Waals surface area (Å²) >= 11 is 0. The fourth-order valence-electron chi connectivity index (χ4n) is 1.64. The van der Waals surface area contributed by atoms with Crippen LogP contribution in [0.15, 0.2) is 18.2 Å². The standard InChI is InChI=1S/C14H18O/c1-4-7-8-13-9-10-14(15-6-3)11-12(13)5-2/h1,9-11H,5-8H2,2-3H3. The van der Waals surface area contributed by atoms with E-state index in [1.165, 1.54) is 11.1 Å². The quantitative estimate of drug-likeness (QED) is 0.666. The number of hydrogen-bond acceptors (Lipinski definition) is 1. The van der Waals surface area contributed by atoms with Gasteiger partial charge in [0.2, 0.25) is 0 Å². The highest BCUT2D eigenvalue weighted by Gasteiger charge is 2.02. The van der Waals surface area contributed by atoms with Crippen molar-refractivity contribution in [3.8, 4) is 18.1 Å². The van der Waals surface area contributed by atoms with Crippen LogP contribution < -0.4 is 4.74 Å². The molecule has 0 saturated carbocycles. The Hall–Kier alpha value is -1.42. The molecule has 1 nitrogen and oxygen atoms in total.